The SMILES string of the molecule is CCOC(=O)C1CCCN(C(=O)CN(C)C(=O)C(Cc2ccccc2)NC(=O)c2ccco2)C1. The van der Waals surface area contributed by atoms with Gasteiger partial charge in [0.25, 0.3) is 5.91 Å². The zero-order valence-electron chi connectivity index (χ0n) is 19.6. The number of nitrogens with zero attached hydrogens (tertiary/aromatic N) is 2. The summed E-state index contributed by atoms with van der Waals surface area (Å²) in [5.74, 6) is -1.70. The number of amides is 3. The highest BCUT2D eigenvalue weighted by molar-refractivity contribution is 5.96. The van der Waals surface area contributed by atoms with E-state index >= 15 is 0 Å². The van der Waals surface area contributed by atoms with Crippen LogP contribution in [0.3, 0.4) is 0 Å². The molecular weight excluding hydrogens is 438 g/mol. The highest BCUT2D eigenvalue weighted by Gasteiger charge is 2.32. The molecule has 182 valence electrons. The van der Waals surface area contributed by atoms with Crippen molar-refractivity contribution in [3.05, 3.63) is 60.1 Å². The molecule has 0 spiro atoms. The monoisotopic (exact) mass is 469 g/mol. The van der Waals surface area contributed by atoms with E-state index in [9.17, 15) is 19.2 Å². The van der Waals surface area contributed by atoms with E-state index in [4.69, 9.17) is 9.15 Å². The first kappa shape index (κ1) is 25.0. The minimum Gasteiger partial charge on any atom is -0.466 e. The predicted molar refractivity (Wildman–Crippen MR) is 124 cm³/mol. The standard InChI is InChI=1S/C25H31N3O6/c1-3-33-25(32)19-11-7-13-28(16-19)22(29)17-27(2)24(31)20(15-18-9-5-4-6-10-18)26-23(30)21-12-8-14-34-21/h4-6,8-10,12,14,19-20H,3,7,11,13,15-17H2,1-2H3,(H,26,30). The normalized spacial score (nSPS) is 16.4. The molecule has 0 radical (unpaired) electrons. The van der Waals surface area contributed by atoms with Crippen LogP contribution in [0.5, 0.6) is 0 Å². The lowest BCUT2D eigenvalue weighted by molar-refractivity contribution is -0.152. The van der Waals surface area contributed by atoms with E-state index in [1.807, 2.05) is 30.3 Å². The number of likely N-dealkylation sites (N-methyl/N-ethyl adjacent to an activating group) is 1. The van der Waals surface area contributed by atoms with Crippen molar-refractivity contribution in [2.75, 3.05) is 33.3 Å². The highest BCUT2D eigenvalue weighted by Crippen LogP contribution is 2.18. The van der Waals surface area contributed by atoms with Gasteiger partial charge in [0, 0.05) is 26.6 Å². The van der Waals surface area contributed by atoms with Crippen LogP contribution in [0.2, 0.25) is 0 Å². The molecule has 1 fully saturated rings. The minimum absolute atomic E-state index is 0.0999. The second-order valence-electron chi connectivity index (χ2n) is 8.32. The van der Waals surface area contributed by atoms with Crippen molar-refractivity contribution in [1.29, 1.82) is 0 Å². The largest absolute Gasteiger partial charge is 0.466 e. The number of rotatable bonds is 9. The Bertz CT molecular complexity index is 976. The first-order chi connectivity index (χ1) is 16.4. The van der Waals surface area contributed by atoms with Crippen LogP contribution in [0.4, 0.5) is 0 Å². The maximum atomic E-state index is 13.3. The average molecular weight is 470 g/mol. The maximum absolute atomic E-state index is 13.3. The minimum atomic E-state index is -0.883. The Morgan fingerprint density at radius 1 is 1.18 bits per heavy atom. The second-order valence-corrected chi connectivity index (χ2v) is 8.32. The second kappa shape index (κ2) is 12.0. The quantitative estimate of drug-likeness (QED) is 0.562. The molecule has 3 rings (SSSR count). The fraction of sp³-hybridized carbons (Fsp3) is 0.440. The number of hydrogen-bond donors (Lipinski definition) is 1. The fourth-order valence-corrected chi connectivity index (χ4v) is 3.99. The lowest BCUT2D eigenvalue weighted by atomic mass is 9.98. The van der Waals surface area contributed by atoms with Crippen molar-refractivity contribution in [2.45, 2.75) is 32.2 Å². The van der Waals surface area contributed by atoms with Crippen LogP contribution >= 0.6 is 0 Å². The summed E-state index contributed by atoms with van der Waals surface area (Å²) in [5, 5.41) is 2.73. The van der Waals surface area contributed by atoms with Crippen molar-refractivity contribution < 1.29 is 28.3 Å². The van der Waals surface area contributed by atoms with Crippen molar-refractivity contribution in [1.82, 2.24) is 15.1 Å². The molecule has 2 atom stereocenters. The molecule has 1 N–H and O–H groups in total. The van der Waals surface area contributed by atoms with Gasteiger partial charge < -0.3 is 24.3 Å². The van der Waals surface area contributed by atoms with E-state index in [-0.39, 0.29) is 43.1 Å². The lowest BCUT2D eigenvalue weighted by Gasteiger charge is -2.33. The Balaban J connectivity index is 1.65. The molecule has 1 aromatic heterocycles. The first-order valence-electron chi connectivity index (χ1n) is 11.5. The first-order valence-corrected chi connectivity index (χ1v) is 11.5. The van der Waals surface area contributed by atoms with Crippen LogP contribution in [-0.2, 0) is 25.5 Å². The zero-order valence-corrected chi connectivity index (χ0v) is 19.6. The summed E-state index contributed by atoms with van der Waals surface area (Å²) in [6, 6.07) is 11.5. The molecule has 2 aromatic rings. The highest BCUT2D eigenvalue weighted by atomic mass is 16.5. The number of esters is 1. The predicted octanol–water partition coefficient (Wildman–Crippen LogP) is 1.88. The molecule has 1 aromatic carbocycles. The van der Waals surface area contributed by atoms with E-state index in [0.717, 1.165) is 5.56 Å². The molecule has 0 saturated carbocycles. The van der Waals surface area contributed by atoms with Crippen molar-refractivity contribution in [3.63, 3.8) is 0 Å². The third kappa shape index (κ3) is 6.69. The number of benzene rings is 1. The van der Waals surface area contributed by atoms with Crippen molar-refractivity contribution in [3.8, 4) is 0 Å². The molecule has 34 heavy (non-hydrogen) atoms. The van der Waals surface area contributed by atoms with E-state index < -0.39 is 17.9 Å². The number of nitrogens with one attached hydrogen (secondary N) is 1. The molecule has 0 bridgehead atoms. The summed E-state index contributed by atoms with van der Waals surface area (Å²) in [6.07, 6.45) is 3.02. The third-order valence-electron chi connectivity index (χ3n) is 5.77. The molecule has 2 unspecified atom stereocenters. The van der Waals surface area contributed by atoms with Crippen molar-refractivity contribution >= 4 is 23.7 Å². The van der Waals surface area contributed by atoms with E-state index in [0.29, 0.717) is 26.0 Å². The number of carbonyl (C=O) groups is 4. The molecule has 0 aliphatic carbocycles. The van der Waals surface area contributed by atoms with Gasteiger partial charge in [-0.25, -0.2) is 0 Å². The summed E-state index contributed by atoms with van der Waals surface area (Å²) >= 11 is 0. The van der Waals surface area contributed by atoms with Gasteiger partial charge in [-0.3, -0.25) is 19.2 Å². The summed E-state index contributed by atoms with van der Waals surface area (Å²) in [4.78, 5) is 53.7. The van der Waals surface area contributed by atoms with Crippen LogP contribution in [0, 0.1) is 5.92 Å². The Kier molecular flexibility index (Phi) is 8.84. The van der Waals surface area contributed by atoms with Gasteiger partial charge in [-0.05, 0) is 37.5 Å². The Morgan fingerprint density at radius 3 is 2.62 bits per heavy atom. The Morgan fingerprint density at radius 2 is 1.94 bits per heavy atom. The van der Waals surface area contributed by atoms with E-state index in [1.54, 1.807) is 17.9 Å². The van der Waals surface area contributed by atoms with Gasteiger partial charge in [-0.2, -0.15) is 0 Å². The summed E-state index contributed by atoms with van der Waals surface area (Å²) < 4.78 is 10.2. The summed E-state index contributed by atoms with van der Waals surface area (Å²) in [5.41, 5.74) is 0.869. The molecule has 3 amide bonds. The number of ether oxygens (including phenoxy) is 1. The topological polar surface area (TPSA) is 109 Å². The number of piperidine rings is 1. The van der Waals surface area contributed by atoms with Gasteiger partial charge in [0.1, 0.15) is 6.04 Å². The number of likely N-dealkylation sites (tertiary alicyclic amines) is 1. The van der Waals surface area contributed by atoms with E-state index in [2.05, 4.69) is 5.32 Å². The fourth-order valence-electron chi connectivity index (χ4n) is 3.99. The van der Waals surface area contributed by atoms with Gasteiger partial charge in [-0.1, -0.05) is 30.3 Å². The Hall–Kier alpha value is -3.62. The molecule has 1 saturated heterocycles. The smallest absolute Gasteiger partial charge is 0.310 e. The van der Waals surface area contributed by atoms with Gasteiger partial charge in [0.2, 0.25) is 11.8 Å². The van der Waals surface area contributed by atoms with Crippen LogP contribution in [0.25, 0.3) is 0 Å². The molecule has 2 heterocycles. The van der Waals surface area contributed by atoms with E-state index in [1.165, 1.54) is 24.3 Å². The van der Waals surface area contributed by atoms with Crippen LogP contribution in [0.15, 0.2) is 53.1 Å². The molecular formula is C25H31N3O6. The van der Waals surface area contributed by atoms with Gasteiger partial charge >= 0.3 is 5.97 Å². The maximum Gasteiger partial charge on any atom is 0.310 e. The van der Waals surface area contributed by atoms with Crippen LogP contribution in [-0.4, -0.2) is 72.8 Å². The lowest BCUT2D eigenvalue weighted by Crippen LogP contribution is -2.52. The van der Waals surface area contributed by atoms with Crippen molar-refractivity contribution in [2.24, 2.45) is 5.92 Å². The summed E-state index contributed by atoms with van der Waals surface area (Å²) in [7, 11) is 1.53. The molecule has 1 aliphatic rings. The van der Waals surface area contributed by atoms with Gasteiger partial charge in [-0.15, -0.1) is 0 Å². The van der Waals surface area contributed by atoms with Gasteiger partial charge in [0.05, 0.1) is 25.3 Å². The van der Waals surface area contributed by atoms with Crippen LogP contribution < -0.4 is 5.32 Å². The molecule has 9 heteroatoms. The number of furan rings is 1. The average Bonchev–Trinajstić information content (AvgIpc) is 3.39. The Labute approximate surface area is 199 Å². The summed E-state index contributed by atoms with van der Waals surface area (Å²) in [6.45, 7) is 2.70. The number of hydrogen-bond acceptors (Lipinski definition) is 6. The van der Waals surface area contributed by atoms with Gasteiger partial charge in [0.15, 0.2) is 5.76 Å². The zero-order chi connectivity index (χ0) is 24.5. The molecule has 9 nitrogen and oxygen atoms in total. The third-order valence-corrected chi connectivity index (χ3v) is 5.77. The number of carbonyl (C=O) groups excluding carboxylic acids is 4. The van der Waals surface area contributed by atoms with Crippen LogP contribution in [0.1, 0.15) is 35.9 Å². The molecule has 1 aliphatic heterocycles.